The topological polar surface area (TPSA) is 79.9 Å². The Morgan fingerprint density at radius 3 is 2.42 bits per heavy atom. The molecule has 0 heterocycles. The van der Waals surface area contributed by atoms with Gasteiger partial charge in [-0.1, -0.05) is 56.3 Å². The summed E-state index contributed by atoms with van der Waals surface area (Å²) in [5, 5.41) is 5.55. The van der Waals surface area contributed by atoms with Crippen molar-refractivity contribution >= 4 is 17.7 Å². The molecule has 2 aromatic rings. The predicted molar refractivity (Wildman–Crippen MR) is 122 cm³/mol. The molecular formula is C24H33N3O4. The van der Waals surface area contributed by atoms with Crippen molar-refractivity contribution in [1.29, 1.82) is 0 Å². The van der Waals surface area contributed by atoms with Gasteiger partial charge in [-0.2, -0.15) is 0 Å². The Morgan fingerprint density at radius 2 is 1.68 bits per heavy atom. The van der Waals surface area contributed by atoms with E-state index in [2.05, 4.69) is 29.4 Å². The van der Waals surface area contributed by atoms with Gasteiger partial charge in [-0.3, -0.25) is 4.79 Å². The summed E-state index contributed by atoms with van der Waals surface area (Å²) in [6.07, 6.45) is 0.306. The normalized spacial score (nSPS) is 10.5. The maximum Gasteiger partial charge on any atom is 0.407 e. The monoisotopic (exact) mass is 427 g/mol. The molecular weight excluding hydrogens is 394 g/mol. The third-order valence-electron chi connectivity index (χ3n) is 4.78. The zero-order chi connectivity index (χ0) is 22.3. The molecule has 0 fully saturated rings. The number of hydrogen-bond acceptors (Lipinski definition) is 5. The first kappa shape index (κ1) is 24.2. The highest BCUT2D eigenvalue weighted by Crippen LogP contribution is 2.24. The van der Waals surface area contributed by atoms with Crippen molar-refractivity contribution in [2.75, 3.05) is 38.1 Å². The molecule has 2 amide bonds. The van der Waals surface area contributed by atoms with Gasteiger partial charge in [0.25, 0.3) is 0 Å². The lowest BCUT2D eigenvalue weighted by atomic mass is 10.2. The molecule has 0 saturated heterocycles. The van der Waals surface area contributed by atoms with E-state index in [1.165, 1.54) is 0 Å². The summed E-state index contributed by atoms with van der Waals surface area (Å²) in [5.41, 5.74) is 1.58. The number of benzene rings is 2. The lowest BCUT2D eigenvalue weighted by Crippen LogP contribution is -2.28. The van der Waals surface area contributed by atoms with Gasteiger partial charge in [0, 0.05) is 19.5 Å². The minimum atomic E-state index is -0.490. The van der Waals surface area contributed by atoms with Gasteiger partial charge >= 0.3 is 6.09 Å². The Kier molecular flexibility index (Phi) is 11.0. The van der Waals surface area contributed by atoms with Crippen LogP contribution in [0.2, 0.25) is 0 Å². The summed E-state index contributed by atoms with van der Waals surface area (Å²) in [4.78, 5) is 26.3. The van der Waals surface area contributed by atoms with E-state index in [0.29, 0.717) is 31.0 Å². The molecule has 0 aromatic heterocycles. The van der Waals surface area contributed by atoms with E-state index in [-0.39, 0.29) is 18.9 Å². The van der Waals surface area contributed by atoms with Crippen LogP contribution in [0.5, 0.6) is 5.75 Å². The molecule has 168 valence electrons. The van der Waals surface area contributed by atoms with Crippen molar-refractivity contribution < 1.29 is 19.1 Å². The number of anilines is 1. The second-order valence-electron chi connectivity index (χ2n) is 7.01. The van der Waals surface area contributed by atoms with Crippen LogP contribution in [0.1, 0.15) is 32.3 Å². The number of nitrogens with zero attached hydrogens (tertiary/aromatic N) is 1. The molecule has 0 aliphatic heterocycles. The van der Waals surface area contributed by atoms with Crippen molar-refractivity contribution in [3.63, 3.8) is 0 Å². The molecule has 0 atom stereocenters. The van der Waals surface area contributed by atoms with Gasteiger partial charge in [0.05, 0.1) is 5.69 Å². The fraction of sp³-hybridized carbons (Fsp3) is 0.417. The molecule has 31 heavy (non-hydrogen) atoms. The number of carbonyl (C=O) groups is 2. The SMILES string of the molecule is CCN(CC)CCOc1ccccc1NC(=O)CCCNC(=O)OCc1ccccc1. The first-order chi connectivity index (χ1) is 15.1. The van der Waals surface area contributed by atoms with E-state index in [0.717, 1.165) is 25.2 Å². The zero-order valence-electron chi connectivity index (χ0n) is 18.4. The number of carbonyl (C=O) groups excluding carboxylic acids is 2. The van der Waals surface area contributed by atoms with E-state index in [9.17, 15) is 9.59 Å². The van der Waals surface area contributed by atoms with Gasteiger partial charge in [0.1, 0.15) is 19.0 Å². The van der Waals surface area contributed by atoms with Crippen molar-refractivity contribution in [2.45, 2.75) is 33.3 Å². The van der Waals surface area contributed by atoms with Crippen molar-refractivity contribution in [3.8, 4) is 5.75 Å². The third kappa shape index (κ3) is 9.53. The van der Waals surface area contributed by atoms with Crippen LogP contribution < -0.4 is 15.4 Å². The first-order valence-electron chi connectivity index (χ1n) is 10.8. The molecule has 0 radical (unpaired) electrons. The molecule has 0 unspecified atom stereocenters. The predicted octanol–water partition coefficient (Wildman–Crippen LogP) is 4.05. The molecule has 7 nitrogen and oxygen atoms in total. The molecule has 2 N–H and O–H groups in total. The van der Waals surface area contributed by atoms with E-state index in [1.54, 1.807) is 0 Å². The minimum absolute atomic E-state index is 0.126. The molecule has 0 aliphatic rings. The van der Waals surface area contributed by atoms with E-state index < -0.39 is 6.09 Å². The standard InChI is InChI=1S/C24H33N3O4/c1-3-27(4-2)17-18-30-22-14-9-8-13-21(22)26-23(28)15-10-16-25-24(29)31-19-20-11-6-5-7-12-20/h5-9,11-14H,3-4,10,15-19H2,1-2H3,(H,25,29)(H,26,28). The van der Waals surface area contributed by atoms with E-state index in [4.69, 9.17) is 9.47 Å². The van der Waals surface area contributed by atoms with Crippen LogP contribution in [0.4, 0.5) is 10.5 Å². The largest absolute Gasteiger partial charge is 0.490 e. The highest BCUT2D eigenvalue weighted by Gasteiger charge is 2.09. The summed E-state index contributed by atoms with van der Waals surface area (Å²) in [6, 6.07) is 16.9. The number of ether oxygens (including phenoxy) is 2. The average molecular weight is 428 g/mol. The molecule has 2 aromatic carbocycles. The van der Waals surface area contributed by atoms with Crippen LogP contribution in [0.25, 0.3) is 0 Å². The quantitative estimate of drug-likeness (QED) is 0.472. The average Bonchev–Trinajstić information content (AvgIpc) is 2.80. The Morgan fingerprint density at radius 1 is 0.968 bits per heavy atom. The number of alkyl carbamates (subject to hydrolysis) is 1. The van der Waals surface area contributed by atoms with Crippen molar-refractivity contribution in [2.24, 2.45) is 0 Å². The number of amides is 2. The zero-order valence-corrected chi connectivity index (χ0v) is 18.4. The van der Waals surface area contributed by atoms with Crippen LogP contribution in [0.3, 0.4) is 0 Å². The fourth-order valence-electron chi connectivity index (χ4n) is 2.95. The van der Waals surface area contributed by atoms with E-state index in [1.807, 2.05) is 54.6 Å². The Bertz CT molecular complexity index is 794. The molecule has 0 aliphatic carbocycles. The minimum Gasteiger partial charge on any atom is -0.490 e. The van der Waals surface area contributed by atoms with Gasteiger partial charge in [-0.15, -0.1) is 0 Å². The van der Waals surface area contributed by atoms with Crippen LogP contribution in [-0.4, -0.2) is 49.7 Å². The van der Waals surface area contributed by atoms with Crippen LogP contribution in [0, 0.1) is 0 Å². The summed E-state index contributed by atoms with van der Waals surface area (Å²) in [6.45, 7) is 8.18. The van der Waals surface area contributed by atoms with Gasteiger partial charge < -0.3 is 25.0 Å². The fourth-order valence-corrected chi connectivity index (χ4v) is 2.95. The van der Waals surface area contributed by atoms with Gasteiger partial charge in [-0.05, 0) is 37.2 Å². The summed E-state index contributed by atoms with van der Waals surface area (Å²) < 4.78 is 11.0. The van der Waals surface area contributed by atoms with Crippen LogP contribution >= 0.6 is 0 Å². The third-order valence-corrected chi connectivity index (χ3v) is 4.78. The Labute approximate surface area is 184 Å². The highest BCUT2D eigenvalue weighted by atomic mass is 16.5. The van der Waals surface area contributed by atoms with Gasteiger partial charge in [0.15, 0.2) is 0 Å². The summed E-state index contributed by atoms with van der Waals surface area (Å²) in [7, 11) is 0. The molecule has 7 heteroatoms. The maximum atomic E-state index is 12.3. The summed E-state index contributed by atoms with van der Waals surface area (Å²) >= 11 is 0. The number of hydrogen-bond donors (Lipinski definition) is 2. The maximum absolute atomic E-state index is 12.3. The first-order valence-corrected chi connectivity index (χ1v) is 10.8. The summed E-state index contributed by atoms with van der Waals surface area (Å²) in [5.74, 6) is 0.532. The molecule has 2 rings (SSSR count). The van der Waals surface area contributed by atoms with Crippen LogP contribution in [0.15, 0.2) is 54.6 Å². The molecule has 0 spiro atoms. The highest BCUT2D eigenvalue weighted by molar-refractivity contribution is 5.92. The number of para-hydroxylation sites is 2. The second kappa shape index (κ2) is 14.0. The molecule has 0 saturated carbocycles. The van der Waals surface area contributed by atoms with Crippen molar-refractivity contribution in [3.05, 3.63) is 60.2 Å². The lowest BCUT2D eigenvalue weighted by Gasteiger charge is -2.19. The second-order valence-corrected chi connectivity index (χ2v) is 7.01. The van der Waals surface area contributed by atoms with Crippen molar-refractivity contribution in [1.82, 2.24) is 10.2 Å². The lowest BCUT2D eigenvalue weighted by molar-refractivity contribution is -0.116. The van der Waals surface area contributed by atoms with Gasteiger partial charge in [-0.25, -0.2) is 4.79 Å². The number of nitrogens with one attached hydrogen (secondary N) is 2. The van der Waals surface area contributed by atoms with E-state index >= 15 is 0 Å². The van der Waals surface area contributed by atoms with Crippen LogP contribution in [-0.2, 0) is 16.1 Å². The Balaban J connectivity index is 1.66. The number of rotatable bonds is 13. The smallest absolute Gasteiger partial charge is 0.407 e. The number of likely N-dealkylation sites (N-methyl/N-ethyl adjacent to an activating group) is 1. The Hall–Kier alpha value is -3.06. The molecule has 0 bridgehead atoms. The van der Waals surface area contributed by atoms with Gasteiger partial charge in [0.2, 0.25) is 5.91 Å².